The average Bonchev–Trinajstić information content (AvgIpc) is 2.99. The standard InChI is InChI=1S/2C17H24N2/c2*1-2-3-4-5-15-10-12-19(13-11-15)17-8-6-16(14-18)7-9-17/h2*6-9,15H,2-5,10-13H2,1H3. The number of anilines is 2. The van der Waals surface area contributed by atoms with Crippen molar-refractivity contribution in [2.75, 3.05) is 36.0 Å². The predicted molar refractivity (Wildman–Crippen MR) is 160 cm³/mol. The van der Waals surface area contributed by atoms with Gasteiger partial charge >= 0.3 is 0 Å². The average molecular weight is 513 g/mol. The van der Waals surface area contributed by atoms with Crippen LogP contribution in [0.1, 0.15) is 102 Å². The van der Waals surface area contributed by atoms with Gasteiger partial charge in [0.1, 0.15) is 0 Å². The zero-order valence-corrected chi connectivity index (χ0v) is 23.9. The number of unbranched alkanes of at least 4 members (excludes halogenated alkanes) is 4. The summed E-state index contributed by atoms with van der Waals surface area (Å²) >= 11 is 0. The Balaban J connectivity index is 0.000000211. The topological polar surface area (TPSA) is 54.1 Å². The lowest BCUT2D eigenvalue weighted by Gasteiger charge is -2.33. The van der Waals surface area contributed by atoms with Crippen LogP contribution in [0.4, 0.5) is 11.4 Å². The highest BCUT2D eigenvalue weighted by Gasteiger charge is 2.20. The van der Waals surface area contributed by atoms with Gasteiger partial charge in [-0.05, 0) is 86.1 Å². The third-order valence-corrected chi connectivity index (χ3v) is 8.38. The summed E-state index contributed by atoms with van der Waals surface area (Å²) in [6.07, 6.45) is 16.3. The molecule has 38 heavy (non-hydrogen) atoms. The fraction of sp³-hybridized carbons (Fsp3) is 0.588. The second-order valence-corrected chi connectivity index (χ2v) is 11.2. The molecule has 2 aliphatic rings. The fourth-order valence-electron chi connectivity index (χ4n) is 5.82. The van der Waals surface area contributed by atoms with Gasteiger partial charge in [-0.25, -0.2) is 0 Å². The molecule has 0 bridgehead atoms. The molecule has 204 valence electrons. The first-order valence-corrected chi connectivity index (χ1v) is 15.2. The largest absolute Gasteiger partial charge is 0.372 e. The van der Waals surface area contributed by atoms with Crippen LogP contribution in [0.3, 0.4) is 0 Å². The van der Waals surface area contributed by atoms with E-state index < -0.39 is 0 Å². The maximum atomic E-state index is 8.81. The van der Waals surface area contributed by atoms with Crippen molar-refractivity contribution >= 4 is 11.4 Å². The van der Waals surface area contributed by atoms with Crippen molar-refractivity contribution in [3.63, 3.8) is 0 Å². The van der Waals surface area contributed by atoms with Gasteiger partial charge < -0.3 is 9.80 Å². The minimum Gasteiger partial charge on any atom is -0.372 e. The Morgan fingerprint density at radius 1 is 0.579 bits per heavy atom. The first-order chi connectivity index (χ1) is 18.7. The van der Waals surface area contributed by atoms with Gasteiger partial charge in [0.2, 0.25) is 0 Å². The van der Waals surface area contributed by atoms with Gasteiger partial charge in [0.15, 0.2) is 0 Å². The number of nitrogens with zero attached hydrogens (tertiary/aromatic N) is 4. The van der Waals surface area contributed by atoms with Crippen molar-refractivity contribution in [3.05, 3.63) is 59.7 Å². The van der Waals surface area contributed by atoms with E-state index in [1.54, 1.807) is 0 Å². The Kier molecular flexibility index (Phi) is 13.1. The zero-order chi connectivity index (χ0) is 27.0. The molecule has 0 aliphatic carbocycles. The van der Waals surface area contributed by atoms with E-state index in [-0.39, 0.29) is 0 Å². The summed E-state index contributed by atoms with van der Waals surface area (Å²) in [6, 6.07) is 20.3. The molecule has 4 nitrogen and oxygen atoms in total. The monoisotopic (exact) mass is 512 g/mol. The Morgan fingerprint density at radius 3 is 1.21 bits per heavy atom. The van der Waals surface area contributed by atoms with Crippen molar-refractivity contribution in [1.29, 1.82) is 10.5 Å². The molecular weight excluding hydrogens is 464 g/mol. The third-order valence-electron chi connectivity index (χ3n) is 8.38. The van der Waals surface area contributed by atoms with Crippen LogP contribution in [-0.4, -0.2) is 26.2 Å². The van der Waals surface area contributed by atoms with Gasteiger partial charge in [-0.15, -0.1) is 0 Å². The molecule has 0 amide bonds. The molecule has 4 heteroatoms. The molecule has 0 unspecified atom stereocenters. The molecule has 0 atom stereocenters. The molecule has 2 fully saturated rings. The first kappa shape index (κ1) is 29.6. The van der Waals surface area contributed by atoms with Crippen molar-refractivity contribution in [1.82, 2.24) is 0 Å². The number of rotatable bonds is 10. The van der Waals surface area contributed by atoms with Gasteiger partial charge in [0.05, 0.1) is 23.3 Å². The van der Waals surface area contributed by atoms with Crippen LogP contribution in [0.5, 0.6) is 0 Å². The molecule has 2 heterocycles. The molecule has 2 aromatic carbocycles. The second kappa shape index (κ2) is 16.8. The van der Waals surface area contributed by atoms with E-state index in [2.05, 4.69) is 60.1 Å². The highest BCUT2D eigenvalue weighted by Crippen LogP contribution is 2.28. The predicted octanol–water partition coefficient (Wildman–Crippen LogP) is 8.71. The highest BCUT2D eigenvalue weighted by molar-refractivity contribution is 5.50. The van der Waals surface area contributed by atoms with Crippen LogP contribution in [0.15, 0.2) is 48.5 Å². The Labute approximate surface area is 232 Å². The summed E-state index contributed by atoms with van der Waals surface area (Å²) in [6.45, 7) is 9.22. The molecule has 2 aromatic rings. The lowest BCUT2D eigenvalue weighted by molar-refractivity contribution is 0.368. The molecule has 2 saturated heterocycles. The third kappa shape index (κ3) is 9.72. The maximum absolute atomic E-state index is 8.81. The first-order valence-electron chi connectivity index (χ1n) is 15.2. The summed E-state index contributed by atoms with van der Waals surface area (Å²) in [7, 11) is 0. The lowest BCUT2D eigenvalue weighted by Crippen LogP contribution is -2.33. The van der Waals surface area contributed by atoms with Crippen LogP contribution in [0, 0.1) is 34.5 Å². The van der Waals surface area contributed by atoms with E-state index in [1.165, 1.54) is 115 Å². The van der Waals surface area contributed by atoms with E-state index in [9.17, 15) is 0 Å². The smallest absolute Gasteiger partial charge is 0.0991 e. The molecule has 0 N–H and O–H groups in total. The van der Waals surface area contributed by atoms with E-state index in [0.29, 0.717) is 0 Å². The number of hydrogen-bond donors (Lipinski definition) is 0. The van der Waals surface area contributed by atoms with E-state index in [0.717, 1.165) is 23.0 Å². The van der Waals surface area contributed by atoms with Gasteiger partial charge in [-0.3, -0.25) is 0 Å². The van der Waals surface area contributed by atoms with Crippen molar-refractivity contribution in [3.8, 4) is 12.1 Å². The number of hydrogen-bond acceptors (Lipinski definition) is 4. The Hall–Kier alpha value is -2.98. The van der Waals surface area contributed by atoms with Crippen molar-refractivity contribution < 1.29 is 0 Å². The maximum Gasteiger partial charge on any atom is 0.0991 e. The Morgan fingerprint density at radius 2 is 0.921 bits per heavy atom. The number of piperidine rings is 2. The van der Waals surface area contributed by atoms with Crippen LogP contribution in [0.25, 0.3) is 0 Å². The minimum absolute atomic E-state index is 0.748. The molecule has 0 spiro atoms. The van der Waals surface area contributed by atoms with Crippen molar-refractivity contribution in [2.24, 2.45) is 11.8 Å². The highest BCUT2D eigenvalue weighted by atomic mass is 15.1. The summed E-state index contributed by atoms with van der Waals surface area (Å²) < 4.78 is 0. The van der Waals surface area contributed by atoms with E-state index in [1.807, 2.05) is 24.3 Å². The molecule has 0 radical (unpaired) electrons. The molecule has 4 rings (SSSR count). The normalized spacial score (nSPS) is 16.3. The molecule has 0 saturated carbocycles. The van der Waals surface area contributed by atoms with E-state index in [4.69, 9.17) is 10.5 Å². The van der Waals surface area contributed by atoms with Crippen LogP contribution in [-0.2, 0) is 0 Å². The summed E-state index contributed by atoms with van der Waals surface area (Å²) in [5, 5.41) is 17.6. The van der Waals surface area contributed by atoms with Gasteiger partial charge in [0, 0.05) is 37.6 Å². The molecule has 0 aromatic heterocycles. The lowest BCUT2D eigenvalue weighted by atomic mass is 9.91. The number of benzene rings is 2. The van der Waals surface area contributed by atoms with E-state index >= 15 is 0 Å². The van der Waals surface area contributed by atoms with Crippen LogP contribution >= 0.6 is 0 Å². The molecule has 2 aliphatic heterocycles. The summed E-state index contributed by atoms with van der Waals surface area (Å²) in [5.74, 6) is 1.86. The molecular formula is C34H48N4. The minimum atomic E-state index is 0.748. The van der Waals surface area contributed by atoms with Gasteiger partial charge in [-0.2, -0.15) is 10.5 Å². The van der Waals surface area contributed by atoms with Gasteiger partial charge in [-0.1, -0.05) is 65.2 Å². The van der Waals surface area contributed by atoms with Crippen molar-refractivity contribution in [2.45, 2.75) is 90.9 Å². The zero-order valence-electron chi connectivity index (χ0n) is 23.9. The van der Waals surface area contributed by atoms with Crippen LogP contribution < -0.4 is 9.80 Å². The second-order valence-electron chi connectivity index (χ2n) is 11.2. The quantitative estimate of drug-likeness (QED) is 0.299. The fourth-order valence-corrected chi connectivity index (χ4v) is 5.82. The summed E-state index contributed by atoms with van der Waals surface area (Å²) in [4.78, 5) is 4.91. The van der Waals surface area contributed by atoms with Gasteiger partial charge in [0.25, 0.3) is 0 Å². The Bertz CT molecular complexity index is 899. The SMILES string of the molecule is CCCCCC1CCN(c2ccc(C#N)cc2)CC1.CCCCCC1CCN(c2ccc(C#N)cc2)CC1. The summed E-state index contributed by atoms with van der Waals surface area (Å²) in [5.41, 5.74) is 4.04. The van der Waals surface area contributed by atoms with Crippen LogP contribution in [0.2, 0.25) is 0 Å². The number of nitriles is 2.